The smallest absolute Gasteiger partial charge is 0.0813 e. The van der Waals surface area contributed by atoms with Crippen molar-refractivity contribution in [3.05, 3.63) is 34.9 Å². The predicted octanol–water partition coefficient (Wildman–Crippen LogP) is 2.67. The largest absolute Gasteiger partial charge is 0.390 e. The van der Waals surface area contributed by atoms with Gasteiger partial charge < -0.3 is 9.84 Å². The van der Waals surface area contributed by atoms with Crippen LogP contribution in [0.3, 0.4) is 0 Å². The first-order valence-corrected chi connectivity index (χ1v) is 5.60. The number of benzene rings is 1. The highest BCUT2D eigenvalue weighted by Gasteiger charge is 2.05. The lowest BCUT2D eigenvalue weighted by atomic mass is 10.1. The molecular formula is C12H17ClO2. The third-order valence-corrected chi connectivity index (χ3v) is 2.30. The molecule has 3 heteroatoms. The van der Waals surface area contributed by atoms with Crippen LogP contribution in [0.5, 0.6) is 0 Å². The second-order valence-electron chi connectivity index (χ2n) is 3.56. The van der Waals surface area contributed by atoms with Gasteiger partial charge in [0, 0.05) is 18.1 Å². The molecule has 0 saturated heterocycles. The lowest BCUT2D eigenvalue weighted by Gasteiger charge is -2.10. The van der Waals surface area contributed by atoms with Crippen molar-refractivity contribution in [3.63, 3.8) is 0 Å². The van der Waals surface area contributed by atoms with Crippen LogP contribution in [0.1, 0.15) is 18.9 Å². The van der Waals surface area contributed by atoms with Crippen LogP contribution in [0, 0.1) is 0 Å². The Kier molecular flexibility index (Phi) is 5.69. The van der Waals surface area contributed by atoms with Gasteiger partial charge in [-0.3, -0.25) is 0 Å². The molecule has 0 aliphatic heterocycles. The fraction of sp³-hybridized carbons (Fsp3) is 0.500. The fourth-order valence-corrected chi connectivity index (χ4v) is 1.44. The van der Waals surface area contributed by atoms with Gasteiger partial charge in [-0.05, 0) is 24.1 Å². The Bertz CT molecular complexity index is 271. The van der Waals surface area contributed by atoms with Gasteiger partial charge >= 0.3 is 0 Å². The number of hydrogen-bond donors (Lipinski definition) is 1. The molecule has 0 saturated carbocycles. The van der Waals surface area contributed by atoms with Gasteiger partial charge in [0.05, 0.1) is 12.7 Å². The number of aliphatic hydroxyl groups is 1. The molecule has 0 bridgehead atoms. The highest BCUT2D eigenvalue weighted by atomic mass is 35.5. The third-order valence-electron chi connectivity index (χ3n) is 2.04. The Hall–Kier alpha value is -0.570. The zero-order valence-electron chi connectivity index (χ0n) is 8.95. The van der Waals surface area contributed by atoms with Gasteiger partial charge in [-0.15, -0.1) is 0 Å². The molecule has 0 fully saturated rings. The molecule has 1 aromatic carbocycles. The summed E-state index contributed by atoms with van der Waals surface area (Å²) in [5.74, 6) is 0. The number of hydrogen-bond acceptors (Lipinski definition) is 2. The van der Waals surface area contributed by atoms with Gasteiger partial charge in [0.15, 0.2) is 0 Å². The molecule has 1 atom stereocenters. The summed E-state index contributed by atoms with van der Waals surface area (Å²) in [5.41, 5.74) is 1.08. The third kappa shape index (κ3) is 5.17. The van der Waals surface area contributed by atoms with Gasteiger partial charge in [-0.2, -0.15) is 0 Å². The van der Waals surface area contributed by atoms with E-state index in [1.165, 1.54) is 0 Å². The highest BCUT2D eigenvalue weighted by Crippen LogP contribution is 2.11. The summed E-state index contributed by atoms with van der Waals surface area (Å²) >= 11 is 5.76. The summed E-state index contributed by atoms with van der Waals surface area (Å²) in [6.45, 7) is 3.15. The number of rotatable bonds is 6. The van der Waals surface area contributed by atoms with Gasteiger partial charge in [-0.1, -0.05) is 30.7 Å². The Morgan fingerprint density at radius 1 is 1.33 bits per heavy atom. The Morgan fingerprint density at radius 3 is 2.60 bits per heavy atom. The maximum Gasteiger partial charge on any atom is 0.0813 e. The summed E-state index contributed by atoms with van der Waals surface area (Å²) in [6.07, 6.45) is 1.16. The first kappa shape index (κ1) is 12.5. The molecule has 1 N–H and O–H groups in total. The molecule has 0 amide bonds. The van der Waals surface area contributed by atoms with Gasteiger partial charge in [-0.25, -0.2) is 0 Å². The molecule has 1 aromatic rings. The first-order valence-electron chi connectivity index (χ1n) is 5.22. The van der Waals surface area contributed by atoms with Crippen LogP contribution in [0.15, 0.2) is 24.3 Å². The minimum atomic E-state index is -0.433. The van der Waals surface area contributed by atoms with Gasteiger partial charge in [0.2, 0.25) is 0 Å². The molecule has 1 rings (SSSR count). The van der Waals surface area contributed by atoms with Crippen LogP contribution in [-0.4, -0.2) is 24.4 Å². The lowest BCUT2D eigenvalue weighted by molar-refractivity contribution is 0.0374. The molecule has 2 nitrogen and oxygen atoms in total. The average molecular weight is 229 g/mol. The van der Waals surface area contributed by atoms with E-state index in [-0.39, 0.29) is 0 Å². The highest BCUT2D eigenvalue weighted by molar-refractivity contribution is 6.30. The second-order valence-corrected chi connectivity index (χ2v) is 4.00. The van der Waals surface area contributed by atoms with Crippen molar-refractivity contribution in [1.82, 2.24) is 0 Å². The molecule has 84 valence electrons. The molecule has 0 aliphatic rings. The van der Waals surface area contributed by atoms with E-state index in [1.54, 1.807) is 0 Å². The van der Waals surface area contributed by atoms with Crippen molar-refractivity contribution in [3.8, 4) is 0 Å². The van der Waals surface area contributed by atoms with Crippen LogP contribution in [0.4, 0.5) is 0 Å². The van der Waals surface area contributed by atoms with E-state index in [1.807, 2.05) is 31.2 Å². The summed E-state index contributed by atoms with van der Waals surface area (Å²) in [5, 5.41) is 10.4. The monoisotopic (exact) mass is 228 g/mol. The molecule has 0 heterocycles. The molecule has 15 heavy (non-hydrogen) atoms. The van der Waals surface area contributed by atoms with Crippen LogP contribution >= 0.6 is 11.6 Å². The van der Waals surface area contributed by atoms with Gasteiger partial charge in [0.25, 0.3) is 0 Å². The van der Waals surface area contributed by atoms with Crippen molar-refractivity contribution >= 4 is 11.6 Å². The normalized spacial score (nSPS) is 12.7. The van der Waals surface area contributed by atoms with Crippen molar-refractivity contribution in [2.75, 3.05) is 13.2 Å². The number of aliphatic hydroxyl groups excluding tert-OH is 1. The van der Waals surface area contributed by atoms with E-state index in [9.17, 15) is 5.11 Å². The fourth-order valence-electron chi connectivity index (χ4n) is 1.32. The molecule has 0 radical (unpaired) electrons. The van der Waals surface area contributed by atoms with Crippen molar-refractivity contribution < 1.29 is 9.84 Å². The van der Waals surface area contributed by atoms with Crippen molar-refractivity contribution in [2.24, 2.45) is 0 Å². The van der Waals surface area contributed by atoms with Crippen molar-refractivity contribution in [2.45, 2.75) is 25.9 Å². The lowest BCUT2D eigenvalue weighted by Crippen LogP contribution is -2.18. The maximum atomic E-state index is 9.64. The minimum absolute atomic E-state index is 0.399. The number of halogens is 1. The average Bonchev–Trinajstić information content (AvgIpc) is 2.22. The zero-order chi connectivity index (χ0) is 11.1. The zero-order valence-corrected chi connectivity index (χ0v) is 9.70. The summed E-state index contributed by atoms with van der Waals surface area (Å²) in [4.78, 5) is 0. The van der Waals surface area contributed by atoms with E-state index in [4.69, 9.17) is 16.3 Å². The Balaban J connectivity index is 2.31. The Morgan fingerprint density at radius 2 is 2.00 bits per heavy atom. The quantitative estimate of drug-likeness (QED) is 0.759. The summed E-state index contributed by atoms with van der Waals surface area (Å²) in [7, 11) is 0. The molecule has 0 aromatic heterocycles. The van der Waals surface area contributed by atoms with E-state index in [0.29, 0.717) is 19.6 Å². The van der Waals surface area contributed by atoms with Crippen LogP contribution < -0.4 is 0 Å². The Labute approximate surface area is 95.8 Å². The molecular weight excluding hydrogens is 212 g/mol. The van der Waals surface area contributed by atoms with E-state index in [2.05, 4.69) is 0 Å². The van der Waals surface area contributed by atoms with E-state index >= 15 is 0 Å². The standard InChI is InChI=1S/C12H17ClO2/c1-2-7-15-9-12(14)8-10-3-5-11(13)6-4-10/h3-6,12,14H,2,7-9H2,1H3. The summed E-state index contributed by atoms with van der Waals surface area (Å²) in [6, 6.07) is 7.50. The molecule has 0 aliphatic carbocycles. The molecule has 0 spiro atoms. The predicted molar refractivity (Wildman–Crippen MR) is 62.3 cm³/mol. The molecule has 1 unspecified atom stereocenters. The number of ether oxygens (including phenoxy) is 1. The summed E-state index contributed by atoms with van der Waals surface area (Å²) < 4.78 is 5.26. The second kappa shape index (κ2) is 6.83. The van der Waals surface area contributed by atoms with Gasteiger partial charge in [0.1, 0.15) is 0 Å². The SMILES string of the molecule is CCCOCC(O)Cc1ccc(Cl)cc1. The van der Waals surface area contributed by atoms with Crippen LogP contribution in [0.25, 0.3) is 0 Å². The maximum absolute atomic E-state index is 9.64. The topological polar surface area (TPSA) is 29.5 Å². The van der Waals surface area contributed by atoms with Crippen LogP contribution in [-0.2, 0) is 11.2 Å². The minimum Gasteiger partial charge on any atom is -0.390 e. The first-order chi connectivity index (χ1) is 7.22. The van der Waals surface area contributed by atoms with Crippen molar-refractivity contribution in [1.29, 1.82) is 0 Å². The van der Waals surface area contributed by atoms with Crippen LogP contribution in [0.2, 0.25) is 5.02 Å². The van der Waals surface area contributed by atoms with E-state index < -0.39 is 6.10 Å². The van der Waals surface area contributed by atoms with E-state index in [0.717, 1.165) is 17.0 Å².